The van der Waals surface area contributed by atoms with E-state index in [4.69, 9.17) is 4.18 Å². The quantitative estimate of drug-likeness (QED) is 0.719. The van der Waals surface area contributed by atoms with Crippen molar-refractivity contribution >= 4 is 12.0 Å². The molecule has 4 rings (SSSR count). The normalized spacial score (nSPS) is 28.2. The van der Waals surface area contributed by atoms with Crippen molar-refractivity contribution in [2.24, 2.45) is 5.92 Å². The molecule has 2 unspecified atom stereocenters. The summed E-state index contributed by atoms with van der Waals surface area (Å²) in [6.45, 7) is 1.17. The van der Waals surface area contributed by atoms with Crippen molar-refractivity contribution in [1.82, 2.24) is 10.9 Å². The largest absolute Gasteiger partial charge is 0.426 e. The number of aryl methyl sites for hydroxylation is 1. The van der Waals surface area contributed by atoms with Crippen LogP contribution in [0.1, 0.15) is 37.7 Å². The van der Waals surface area contributed by atoms with E-state index in [1.165, 1.54) is 56.3 Å². The smallest absolute Gasteiger partial charge is 0.140 e. The molecule has 3 nitrogen and oxygen atoms in total. The van der Waals surface area contributed by atoms with Gasteiger partial charge in [-0.1, -0.05) is 31.0 Å². The summed E-state index contributed by atoms with van der Waals surface area (Å²) in [5.74, 6) is 3.10. The van der Waals surface area contributed by atoms with E-state index in [1.807, 2.05) is 12.1 Å². The molecule has 0 aromatic heterocycles. The number of hydrazine groups is 1. The van der Waals surface area contributed by atoms with Crippen molar-refractivity contribution in [3.8, 4) is 5.75 Å². The molecule has 2 atom stereocenters. The molecule has 0 bridgehead atoms. The first-order valence-corrected chi connectivity index (χ1v) is 8.70. The van der Waals surface area contributed by atoms with Gasteiger partial charge in [0.15, 0.2) is 0 Å². The predicted octanol–water partition coefficient (Wildman–Crippen LogP) is 3.31. The zero-order valence-electron chi connectivity index (χ0n) is 11.9. The van der Waals surface area contributed by atoms with Crippen LogP contribution in [0.15, 0.2) is 24.3 Å². The maximum Gasteiger partial charge on any atom is 0.140 e. The molecule has 3 aliphatic rings. The first kappa shape index (κ1) is 14.2. The summed E-state index contributed by atoms with van der Waals surface area (Å²) in [4.78, 5) is 0. The third-order valence-corrected chi connectivity index (χ3v) is 5.08. The minimum atomic E-state index is 0.794. The molecule has 1 saturated heterocycles. The maximum absolute atomic E-state index is 5.34. The monoisotopic (exact) mass is 292 g/mol. The van der Waals surface area contributed by atoms with Crippen LogP contribution < -0.4 is 15.0 Å². The Bertz CT molecular complexity index is 376. The molecule has 4 heteroatoms. The molecule has 0 spiro atoms. The Morgan fingerprint density at radius 2 is 2.00 bits per heavy atom. The highest BCUT2D eigenvalue weighted by molar-refractivity contribution is 7.95. The molecule has 2 fully saturated rings. The van der Waals surface area contributed by atoms with Gasteiger partial charge in [0.05, 0.1) is 12.0 Å². The fourth-order valence-corrected chi connectivity index (χ4v) is 3.93. The molecule has 1 aliphatic carbocycles. The Labute approximate surface area is 126 Å². The number of benzene rings is 1. The van der Waals surface area contributed by atoms with Gasteiger partial charge in [-0.25, -0.2) is 0 Å². The van der Waals surface area contributed by atoms with E-state index in [2.05, 4.69) is 23.0 Å². The van der Waals surface area contributed by atoms with Gasteiger partial charge in [0.25, 0.3) is 0 Å². The lowest BCUT2D eigenvalue weighted by Gasteiger charge is -2.36. The van der Waals surface area contributed by atoms with Crippen molar-refractivity contribution < 1.29 is 4.18 Å². The van der Waals surface area contributed by atoms with Gasteiger partial charge in [0.1, 0.15) is 5.75 Å². The van der Waals surface area contributed by atoms with Crippen LogP contribution in [0.25, 0.3) is 0 Å². The summed E-state index contributed by atoms with van der Waals surface area (Å²) in [5.41, 5.74) is 7.94. The summed E-state index contributed by atoms with van der Waals surface area (Å²) >= 11 is 1.54. The first-order chi connectivity index (χ1) is 9.93. The van der Waals surface area contributed by atoms with Crippen molar-refractivity contribution in [3.05, 3.63) is 29.8 Å². The Morgan fingerprint density at radius 1 is 1.10 bits per heavy atom. The van der Waals surface area contributed by atoms with Crippen molar-refractivity contribution in [3.63, 3.8) is 0 Å². The van der Waals surface area contributed by atoms with E-state index in [9.17, 15) is 0 Å². The number of nitrogens with one attached hydrogen (secondary N) is 2. The van der Waals surface area contributed by atoms with Gasteiger partial charge in [-0.15, -0.1) is 0 Å². The minimum absolute atomic E-state index is 0.794. The predicted molar refractivity (Wildman–Crippen MR) is 84.7 cm³/mol. The van der Waals surface area contributed by atoms with Crippen LogP contribution in [0.4, 0.5) is 0 Å². The van der Waals surface area contributed by atoms with Gasteiger partial charge in [-0.05, 0) is 43.2 Å². The topological polar surface area (TPSA) is 33.3 Å². The lowest BCUT2D eigenvalue weighted by Crippen LogP contribution is -2.52. The average Bonchev–Trinajstić information content (AvgIpc) is 2.56. The number of hydrogen-bond acceptors (Lipinski definition) is 4. The second-order valence-electron chi connectivity index (χ2n) is 5.77. The van der Waals surface area contributed by atoms with Crippen molar-refractivity contribution in [2.45, 2.75) is 44.6 Å². The van der Waals surface area contributed by atoms with Crippen LogP contribution in [0.2, 0.25) is 0 Å². The Balaban J connectivity index is 0.000000121. The highest BCUT2D eigenvalue weighted by Gasteiger charge is 2.26. The average molecular weight is 292 g/mol. The second-order valence-corrected chi connectivity index (χ2v) is 6.58. The van der Waals surface area contributed by atoms with Crippen LogP contribution in [0.5, 0.6) is 5.75 Å². The minimum Gasteiger partial charge on any atom is -0.426 e. The van der Waals surface area contributed by atoms with Crippen LogP contribution in [0.3, 0.4) is 0 Å². The van der Waals surface area contributed by atoms with E-state index in [0.717, 1.165) is 29.9 Å². The molecular weight excluding hydrogens is 268 g/mol. The van der Waals surface area contributed by atoms with Gasteiger partial charge in [-0.3, -0.25) is 10.9 Å². The number of fused-ring (bicyclic) bond motifs is 2. The Hall–Kier alpha value is -0.710. The number of hydrogen-bond donors (Lipinski definition) is 2. The maximum atomic E-state index is 5.34. The molecule has 2 aliphatic heterocycles. The molecule has 110 valence electrons. The number of para-hydroxylation sites is 1. The highest BCUT2D eigenvalue weighted by atomic mass is 32.2. The zero-order chi connectivity index (χ0) is 13.6. The summed E-state index contributed by atoms with van der Waals surface area (Å²) in [5, 5.41) is 0. The fourth-order valence-electron chi connectivity index (χ4n) is 3.25. The molecular formula is C16H24N2OS. The summed E-state index contributed by atoms with van der Waals surface area (Å²) in [6.07, 6.45) is 8.26. The lowest BCUT2D eigenvalue weighted by atomic mass is 9.82. The summed E-state index contributed by atoms with van der Waals surface area (Å²) in [6, 6.07) is 8.99. The molecule has 1 aromatic rings. The third kappa shape index (κ3) is 3.68. The Morgan fingerprint density at radius 3 is 2.90 bits per heavy atom. The van der Waals surface area contributed by atoms with Gasteiger partial charge < -0.3 is 4.18 Å². The molecule has 1 aromatic carbocycles. The first-order valence-electron chi connectivity index (χ1n) is 7.79. The zero-order valence-corrected chi connectivity index (χ0v) is 12.8. The second kappa shape index (κ2) is 7.34. The van der Waals surface area contributed by atoms with Crippen LogP contribution in [-0.2, 0) is 6.42 Å². The molecule has 0 radical (unpaired) electrons. The molecule has 2 heterocycles. The SMILES string of the molecule is C1CCC2NNCCC2C1.c1ccc2c(c1)CCSO2. The van der Waals surface area contributed by atoms with Crippen LogP contribution in [-0.4, -0.2) is 18.3 Å². The molecule has 1 saturated carbocycles. The van der Waals surface area contributed by atoms with Crippen molar-refractivity contribution in [2.75, 3.05) is 12.3 Å². The summed E-state index contributed by atoms with van der Waals surface area (Å²) in [7, 11) is 0. The van der Waals surface area contributed by atoms with E-state index in [1.54, 1.807) is 0 Å². The van der Waals surface area contributed by atoms with Gasteiger partial charge in [0, 0.05) is 18.3 Å². The standard InChI is InChI=1S/C8H16N2.C8H8OS/c1-2-4-8-7(3-1)5-6-9-10-8;1-2-4-8-7(3-1)5-6-10-9-8/h7-10H,1-6H2;1-4H,5-6H2. The summed E-state index contributed by atoms with van der Waals surface area (Å²) < 4.78 is 5.34. The number of rotatable bonds is 0. The molecule has 20 heavy (non-hydrogen) atoms. The van der Waals surface area contributed by atoms with Gasteiger partial charge in [-0.2, -0.15) is 0 Å². The van der Waals surface area contributed by atoms with E-state index in [0.29, 0.717) is 0 Å². The van der Waals surface area contributed by atoms with Crippen LogP contribution in [0, 0.1) is 5.92 Å². The third-order valence-electron chi connectivity index (χ3n) is 4.41. The van der Waals surface area contributed by atoms with Gasteiger partial charge in [0.2, 0.25) is 0 Å². The van der Waals surface area contributed by atoms with Gasteiger partial charge >= 0.3 is 0 Å². The molecule has 2 N–H and O–H groups in total. The lowest BCUT2D eigenvalue weighted by molar-refractivity contribution is 0.186. The fraction of sp³-hybridized carbons (Fsp3) is 0.625. The van der Waals surface area contributed by atoms with E-state index in [-0.39, 0.29) is 0 Å². The van der Waals surface area contributed by atoms with E-state index >= 15 is 0 Å². The highest BCUT2D eigenvalue weighted by Crippen LogP contribution is 2.28. The molecule has 0 amide bonds. The van der Waals surface area contributed by atoms with Crippen molar-refractivity contribution in [1.29, 1.82) is 0 Å². The van der Waals surface area contributed by atoms with E-state index < -0.39 is 0 Å². The Kier molecular flexibility index (Phi) is 5.23. The van der Waals surface area contributed by atoms with Crippen LogP contribution >= 0.6 is 12.0 Å².